The van der Waals surface area contributed by atoms with Gasteiger partial charge in [0.1, 0.15) is 0 Å². The molecule has 0 fully saturated rings. The molecule has 1 unspecified atom stereocenters. The van der Waals surface area contributed by atoms with Crippen molar-refractivity contribution in [3.8, 4) is 0 Å². The zero-order chi connectivity index (χ0) is 19.7. The summed E-state index contributed by atoms with van der Waals surface area (Å²) in [5, 5.41) is 2.62. The minimum absolute atomic E-state index is 0.136. The molecule has 0 saturated heterocycles. The van der Waals surface area contributed by atoms with E-state index in [-0.39, 0.29) is 24.3 Å². The Kier molecular flexibility index (Phi) is 5.10. The molecule has 2 aromatic carbocycles. The van der Waals surface area contributed by atoms with Crippen LogP contribution in [-0.4, -0.2) is 42.3 Å². The minimum atomic E-state index is -0.393. The van der Waals surface area contributed by atoms with Gasteiger partial charge in [-0.15, -0.1) is 0 Å². The molecule has 6 nitrogen and oxygen atoms in total. The number of benzene rings is 2. The molecule has 0 bridgehead atoms. The fourth-order valence-corrected chi connectivity index (χ4v) is 3.56. The van der Waals surface area contributed by atoms with Crippen molar-refractivity contribution in [2.75, 3.05) is 13.6 Å². The Morgan fingerprint density at radius 1 is 1.07 bits per heavy atom. The second-order valence-electron chi connectivity index (χ2n) is 6.90. The first-order chi connectivity index (χ1) is 12.8. The Bertz CT molecular complexity index is 878. The normalized spacial score (nSPS) is 14.3. The maximum absolute atomic E-state index is 12.5. The van der Waals surface area contributed by atoms with Crippen LogP contribution in [0.3, 0.4) is 0 Å². The number of hydrogen-bond donors (Lipinski definition) is 2. The number of aryl methyl sites for hydroxylation is 2. The molecule has 3 amide bonds. The van der Waals surface area contributed by atoms with Crippen LogP contribution in [-0.2, 0) is 6.42 Å². The molecule has 0 spiro atoms. The highest BCUT2D eigenvalue weighted by Crippen LogP contribution is 2.24. The number of nitrogens with one attached hydrogen (secondary N) is 1. The Morgan fingerprint density at radius 3 is 2.07 bits per heavy atom. The summed E-state index contributed by atoms with van der Waals surface area (Å²) in [7, 11) is 1.60. The molecule has 3 rings (SSSR count). The van der Waals surface area contributed by atoms with E-state index in [4.69, 9.17) is 5.73 Å². The number of carbonyl (C=O) groups is 3. The number of rotatable bonds is 5. The largest absolute Gasteiger partial charge is 0.355 e. The van der Waals surface area contributed by atoms with E-state index in [0.29, 0.717) is 23.1 Å². The third-order valence-corrected chi connectivity index (χ3v) is 4.95. The van der Waals surface area contributed by atoms with Crippen molar-refractivity contribution in [3.63, 3.8) is 0 Å². The molecular weight excluding hydrogens is 342 g/mol. The van der Waals surface area contributed by atoms with Gasteiger partial charge in [0.2, 0.25) is 0 Å². The van der Waals surface area contributed by atoms with Crippen molar-refractivity contribution in [3.05, 3.63) is 69.8 Å². The van der Waals surface area contributed by atoms with E-state index >= 15 is 0 Å². The van der Waals surface area contributed by atoms with Crippen molar-refractivity contribution in [1.82, 2.24) is 10.2 Å². The molecule has 2 aromatic rings. The van der Waals surface area contributed by atoms with Gasteiger partial charge in [-0.05, 0) is 61.2 Å². The summed E-state index contributed by atoms with van der Waals surface area (Å²) in [5.74, 6) is -0.730. The molecule has 1 atom stereocenters. The van der Waals surface area contributed by atoms with E-state index in [2.05, 4.69) is 5.32 Å². The van der Waals surface area contributed by atoms with Crippen molar-refractivity contribution in [1.29, 1.82) is 0 Å². The highest BCUT2D eigenvalue weighted by atomic mass is 16.2. The van der Waals surface area contributed by atoms with E-state index < -0.39 is 6.04 Å². The van der Waals surface area contributed by atoms with Crippen molar-refractivity contribution >= 4 is 17.7 Å². The average Bonchev–Trinajstić information content (AvgIpc) is 2.89. The highest BCUT2D eigenvalue weighted by molar-refractivity contribution is 6.21. The van der Waals surface area contributed by atoms with Gasteiger partial charge in [-0.1, -0.05) is 12.1 Å². The Labute approximate surface area is 158 Å². The van der Waals surface area contributed by atoms with Gasteiger partial charge in [0.05, 0.1) is 11.1 Å². The summed E-state index contributed by atoms with van der Waals surface area (Å²) >= 11 is 0. The van der Waals surface area contributed by atoms with Crippen LogP contribution in [0.15, 0.2) is 36.4 Å². The fraction of sp³-hybridized carbons (Fsp3) is 0.286. The molecule has 1 aliphatic heterocycles. The van der Waals surface area contributed by atoms with Crippen LogP contribution in [0.4, 0.5) is 0 Å². The lowest BCUT2D eigenvalue weighted by atomic mass is 9.94. The third kappa shape index (κ3) is 3.48. The van der Waals surface area contributed by atoms with E-state index in [1.54, 1.807) is 31.3 Å². The van der Waals surface area contributed by atoms with Crippen LogP contribution in [0.25, 0.3) is 0 Å². The smallest absolute Gasteiger partial charge is 0.261 e. The summed E-state index contributed by atoms with van der Waals surface area (Å²) < 4.78 is 0. The van der Waals surface area contributed by atoms with Crippen LogP contribution >= 0.6 is 0 Å². The van der Waals surface area contributed by atoms with E-state index in [1.807, 2.05) is 26.0 Å². The Hall–Kier alpha value is -2.99. The van der Waals surface area contributed by atoms with Gasteiger partial charge in [-0.25, -0.2) is 0 Å². The van der Waals surface area contributed by atoms with Crippen molar-refractivity contribution in [2.24, 2.45) is 5.73 Å². The maximum Gasteiger partial charge on any atom is 0.261 e. The van der Waals surface area contributed by atoms with Crippen molar-refractivity contribution < 1.29 is 14.4 Å². The number of nitrogens with two attached hydrogens (primary N) is 1. The zero-order valence-electron chi connectivity index (χ0n) is 15.7. The molecular formula is C21H23N3O3. The van der Waals surface area contributed by atoms with Crippen LogP contribution < -0.4 is 11.1 Å². The topological polar surface area (TPSA) is 92.5 Å². The van der Waals surface area contributed by atoms with Crippen LogP contribution in [0.2, 0.25) is 0 Å². The van der Waals surface area contributed by atoms with Gasteiger partial charge in [0.15, 0.2) is 0 Å². The van der Waals surface area contributed by atoms with E-state index in [1.165, 1.54) is 4.90 Å². The molecule has 1 aliphatic rings. The molecule has 0 aliphatic carbocycles. The van der Waals surface area contributed by atoms with Crippen LogP contribution in [0.1, 0.15) is 47.8 Å². The molecule has 6 heteroatoms. The predicted molar refractivity (Wildman–Crippen MR) is 103 cm³/mol. The number of nitrogens with zero attached hydrogens (tertiary/aromatic N) is 1. The standard InChI is InChI=1S/C21H23N3O3/c1-12-8-14(19(25)23-3)9-13(2)18(12)10-15(22)11-24-20(26)16-6-4-5-7-17(16)21(24)27/h4-9,15H,10-11,22H2,1-3H3,(H,23,25). The molecule has 0 saturated carbocycles. The second-order valence-corrected chi connectivity index (χ2v) is 6.90. The lowest BCUT2D eigenvalue weighted by Gasteiger charge is -2.21. The Balaban J connectivity index is 1.76. The zero-order valence-corrected chi connectivity index (χ0v) is 15.7. The molecule has 0 radical (unpaired) electrons. The van der Waals surface area contributed by atoms with Gasteiger partial charge in [0, 0.05) is 25.2 Å². The summed E-state index contributed by atoms with van der Waals surface area (Å²) in [5.41, 5.74) is 10.7. The monoisotopic (exact) mass is 365 g/mol. The first-order valence-electron chi connectivity index (χ1n) is 8.86. The summed E-state index contributed by atoms with van der Waals surface area (Å²) in [6.45, 7) is 4.02. The molecule has 1 heterocycles. The van der Waals surface area contributed by atoms with Gasteiger partial charge in [-0.3, -0.25) is 19.3 Å². The molecule has 3 N–H and O–H groups in total. The van der Waals surface area contributed by atoms with Crippen LogP contribution in [0, 0.1) is 13.8 Å². The van der Waals surface area contributed by atoms with Gasteiger partial charge < -0.3 is 11.1 Å². The van der Waals surface area contributed by atoms with Crippen molar-refractivity contribution in [2.45, 2.75) is 26.3 Å². The summed E-state index contributed by atoms with van der Waals surface area (Å²) in [4.78, 5) is 38.0. The fourth-order valence-electron chi connectivity index (χ4n) is 3.56. The van der Waals surface area contributed by atoms with Gasteiger partial charge in [-0.2, -0.15) is 0 Å². The average molecular weight is 365 g/mol. The second kappa shape index (κ2) is 7.32. The minimum Gasteiger partial charge on any atom is -0.355 e. The number of imide groups is 1. The number of fused-ring (bicyclic) bond motifs is 1. The van der Waals surface area contributed by atoms with Gasteiger partial charge >= 0.3 is 0 Å². The maximum atomic E-state index is 12.5. The first kappa shape index (κ1) is 18.8. The lowest BCUT2D eigenvalue weighted by Crippen LogP contribution is -2.42. The van der Waals surface area contributed by atoms with E-state index in [9.17, 15) is 14.4 Å². The quantitative estimate of drug-likeness (QED) is 0.791. The van der Waals surface area contributed by atoms with Gasteiger partial charge in [0.25, 0.3) is 17.7 Å². The van der Waals surface area contributed by atoms with Crippen LogP contribution in [0.5, 0.6) is 0 Å². The number of amides is 3. The predicted octanol–water partition coefficient (Wildman–Crippen LogP) is 1.83. The highest BCUT2D eigenvalue weighted by Gasteiger charge is 2.35. The summed E-state index contributed by atoms with van der Waals surface area (Å²) in [6, 6.07) is 10.1. The lowest BCUT2D eigenvalue weighted by molar-refractivity contribution is 0.0644. The first-order valence-corrected chi connectivity index (χ1v) is 8.86. The Morgan fingerprint density at radius 2 is 1.59 bits per heavy atom. The third-order valence-electron chi connectivity index (χ3n) is 4.95. The SMILES string of the molecule is CNC(=O)c1cc(C)c(CC(N)CN2C(=O)c3ccccc3C2=O)c(C)c1. The van der Waals surface area contributed by atoms with E-state index in [0.717, 1.165) is 16.7 Å². The number of hydrogen-bond acceptors (Lipinski definition) is 4. The summed E-state index contributed by atoms with van der Waals surface area (Å²) in [6.07, 6.45) is 0.513. The molecule has 27 heavy (non-hydrogen) atoms. The molecule has 0 aromatic heterocycles. The molecule has 140 valence electrons. The number of carbonyl (C=O) groups excluding carboxylic acids is 3.